The van der Waals surface area contributed by atoms with E-state index in [1.165, 1.54) is 11.3 Å². The van der Waals surface area contributed by atoms with E-state index >= 15 is 0 Å². The van der Waals surface area contributed by atoms with Crippen LogP contribution in [0.4, 0.5) is 11.4 Å². The number of halogens is 1. The first-order valence-corrected chi connectivity index (χ1v) is 10.3. The summed E-state index contributed by atoms with van der Waals surface area (Å²) in [7, 11) is 1.56. The van der Waals surface area contributed by atoms with E-state index in [2.05, 4.69) is 21.2 Å². The summed E-state index contributed by atoms with van der Waals surface area (Å²) in [5.41, 5.74) is 0.170. The molecule has 0 bridgehead atoms. The Morgan fingerprint density at radius 3 is 2.54 bits per heavy atom. The summed E-state index contributed by atoms with van der Waals surface area (Å²) in [6, 6.07) is 18.4. The largest absolute Gasteiger partial charge is 0.495 e. The highest BCUT2D eigenvalue weighted by atomic mass is 79.9. The molecule has 4 rings (SSSR count). The van der Waals surface area contributed by atoms with Crippen LogP contribution in [0.1, 0.15) is 11.3 Å². The molecule has 1 fully saturated rings. The second-order valence-corrected chi connectivity index (χ2v) is 8.24. The molecule has 2 amide bonds. The molecule has 1 aromatic heterocycles. The summed E-state index contributed by atoms with van der Waals surface area (Å²) < 4.78 is 6.26. The molecule has 0 radical (unpaired) electrons. The van der Waals surface area contributed by atoms with Crippen molar-refractivity contribution in [2.75, 3.05) is 17.3 Å². The maximum absolute atomic E-state index is 13.5. The number of methoxy groups -OCH3 is 1. The lowest BCUT2D eigenvalue weighted by atomic mass is 9.80. The lowest BCUT2D eigenvalue weighted by Gasteiger charge is -2.49. The number of para-hydroxylation sites is 2. The van der Waals surface area contributed by atoms with Crippen LogP contribution in [0.15, 0.2) is 70.5 Å². The number of carbonyl (C=O) groups is 2. The molecule has 142 valence electrons. The molecule has 0 spiro atoms. The van der Waals surface area contributed by atoms with Crippen LogP contribution >= 0.6 is 27.3 Å². The fourth-order valence-electron chi connectivity index (χ4n) is 3.43. The van der Waals surface area contributed by atoms with Gasteiger partial charge in [-0.3, -0.25) is 14.5 Å². The van der Waals surface area contributed by atoms with Crippen molar-refractivity contribution in [3.8, 4) is 5.75 Å². The molecule has 3 aromatic rings. The van der Waals surface area contributed by atoms with Crippen molar-refractivity contribution in [2.24, 2.45) is 0 Å². The number of nitrogens with one attached hydrogen (secondary N) is 1. The van der Waals surface area contributed by atoms with Crippen LogP contribution in [0.3, 0.4) is 0 Å². The maximum atomic E-state index is 13.5. The molecule has 0 aliphatic carbocycles. The van der Waals surface area contributed by atoms with Crippen molar-refractivity contribution >= 4 is 50.5 Å². The van der Waals surface area contributed by atoms with Gasteiger partial charge >= 0.3 is 0 Å². The van der Waals surface area contributed by atoms with Crippen LogP contribution in [0.25, 0.3) is 0 Å². The fraction of sp³-hybridized carbons (Fsp3) is 0.143. The van der Waals surface area contributed by atoms with Gasteiger partial charge in [0, 0.05) is 15.0 Å². The first kappa shape index (κ1) is 18.7. The van der Waals surface area contributed by atoms with E-state index in [4.69, 9.17) is 4.74 Å². The van der Waals surface area contributed by atoms with Gasteiger partial charge in [-0.2, -0.15) is 0 Å². The number of β-lactam (4-membered cyclic amide) rings is 1. The van der Waals surface area contributed by atoms with Crippen LogP contribution in [-0.2, 0) is 15.1 Å². The van der Waals surface area contributed by atoms with Crippen molar-refractivity contribution in [3.05, 3.63) is 75.4 Å². The van der Waals surface area contributed by atoms with Crippen molar-refractivity contribution in [1.29, 1.82) is 0 Å². The summed E-state index contributed by atoms with van der Waals surface area (Å²) in [4.78, 5) is 28.5. The van der Waals surface area contributed by atoms with Crippen LogP contribution in [0, 0.1) is 0 Å². The third-order valence-electron chi connectivity index (χ3n) is 4.78. The summed E-state index contributed by atoms with van der Waals surface area (Å²) in [5.74, 6) is 0.214. The minimum atomic E-state index is -1.08. The number of amides is 2. The summed E-state index contributed by atoms with van der Waals surface area (Å²) in [5, 5.41) is 4.88. The zero-order chi connectivity index (χ0) is 19.7. The van der Waals surface area contributed by atoms with E-state index in [0.717, 1.165) is 9.35 Å². The number of ether oxygens (including phenoxy) is 1. The second-order valence-electron chi connectivity index (χ2n) is 6.37. The lowest BCUT2D eigenvalue weighted by molar-refractivity contribution is -0.137. The Morgan fingerprint density at radius 1 is 1.14 bits per heavy atom. The number of anilines is 2. The van der Waals surface area contributed by atoms with E-state index < -0.39 is 5.54 Å². The normalized spacial score (nSPS) is 18.5. The Morgan fingerprint density at radius 2 is 1.89 bits per heavy atom. The number of thiophene rings is 1. The molecular weight excluding hydrogens is 440 g/mol. The van der Waals surface area contributed by atoms with E-state index in [0.29, 0.717) is 17.1 Å². The van der Waals surface area contributed by atoms with Gasteiger partial charge in [-0.25, -0.2) is 0 Å². The highest BCUT2D eigenvalue weighted by molar-refractivity contribution is 9.10. The Bertz CT molecular complexity index is 1020. The van der Waals surface area contributed by atoms with Crippen LogP contribution in [0.2, 0.25) is 0 Å². The molecule has 1 aliphatic heterocycles. The van der Waals surface area contributed by atoms with Gasteiger partial charge in [0.2, 0.25) is 5.91 Å². The Hall–Kier alpha value is -2.64. The van der Waals surface area contributed by atoms with Gasteiger partial charge < -0.3 is 10.1 Å². The molecule has 1 aliphatic rings. The minimum Gasteiger partial charge on any atom is -0.495 e. The number of carbonyl (C=O) groups excluding carboxylic acids is 2. The summed E-state index contributed by atoms with van der Waals surface area (Å²) in [6.45, 7) is 0. The standard InChI is InChI=1S/C21H17BrN2O3S/c1-27-17-6-3-2-5-16(17)23-20(26)21(18-7-4-12-28-18)13-19(25)24(21)15-10-8-14(22)9-11-15/h2-12H,13H2,1H3,(H,23,26)/t21-/m0/s1. The third kappa shape index (κ3) is 3.00. The van der Waals surface area contributed by atoms with Gasteiger partial charge in [0.05, 0.1) is 19.2 Å². The Balaban J connectivity index is 1.76. The molecule has 0 saturated carbocycles. The third-order valence-corrected chi connectivity index (χ3v) is 6.33. The van der Waals surface area contributed by atoms with Crippen molar-refractivity contribution in [3.63, 3.8) is 0 Å². The SMILES string of the molecule is COc1ccccc1NC(=O)[C@@]1(c2cccs2)CC(=O)N1c1ccc(Br)cc1. The maximum Gasteiger partial charge on any atom is 0.256 e. The second kappa shape index (κ2) is 7.41. The number of hydrogen-bond acceptors (Lipinski definition) is 4. The van der Waals surface area contributed by atoms with E-state index in [1.54, 1.807) is 24.1 Å². The molecule has 1 N–H and O–H groups in total. The number of nitrogens with zero attached hydrogens (tertiary/aromatic N) is 1. The van der Waals surface area contributed by atoms with Gasteiger partial charge in [0.15, 0.2) is 5.54 Å². The zero-order valence-electron chi connectivity index (χ0n) is 15.0. The van der Waals surface area contributed by atoms with Crippen molar-refractivity contribution in [1.82, 2.24) is 0 Å². The topological polar surface area (TPSA) is 58.6 Å². The first-order valence-electron chi connectivity index (χ1n) is 8.63. The number of benzene rings is 2. The monoisotopic (exact) mass is 456 g/mol. The molecule has 28 heavy (non-hydrogen) atoms. The number of hydrogen-bond donors (Lipinski definition) is 1. The molecule has 1 atom stereocenters. The lowest BCUT2D eigenvalue weighted by Crippen LogP contribution is -2.67. The zero-order valence-corrected chi connectivity index (χ0v) is 17.4. The predicted molar refractivity (Wildman–Crippen MR) is 114 cm³/mol. The molecule has 1 saturated heterocycles. The fourth-order valence-corrected chi connectivity index (χ4v) is 4.61. The minimum absolute atomic E-state index is 0.0918. The average molecular weight is 457 g/mol. The smallest absolute Gasteiger partial charge is 0.256 e. The molecular formula is C21H17BrN2O3S. The van der Waals surface area contributed by atoms with E-state index in [9.17, 15) is 9.59 Å². The van der Waals surface area contributed by atoms with E-state index in [-0.39, 0.29) is 18.2 Å². The van der Waals surface area contributed by atoms with Crippen LogP contribution in [0.5, 0.6) is 5.75 Å². The highest BCUT2D eigenvalue weighted by Gasteiger charge is 2.59. The quantitative estimate of drug-likeness (QED) is 0.561. The van der Waals surface area contributed by atoms with Crippen molar-refractivity contribution in [2.45, 2.75) is 12.0 Å². The molecule has 5 nitrogen and oxygen atoms in total. The first-order chi connectivity index (χ1) is 13.6. The van der Waals surface area contributed by atoms with Gasteiger partial charge in [0.1, 0.15) is 5.75 Å². The molecule has 0 unspecified atom stereocenters. The Labute approximate surface area is 175 Å². The summed E-state index contributed by atoms with van der Waals surface area (Å²) in [6.07, 6.45) is 0.116. The van der Waals surface area contributed by atoms with Gasteiger partial charge in [-0.05, 0) is 47.8 Å². The molecule has 7 heteroatoms. The number of rotatable bonds is 5. The predicted octanol–water partition coefficient (Wildman–Crippen LogP) is 4.79. The Kier molecular flexibility index (Phi) is 4.95. The van der Waals surface area contributed by atoms with Crippen molar-refractivity contribution < 1.29 is 14.3 Å². The summed E-state index contributed by atoms with van der Waals surface area (Å²) >= 11 is 4.87. The molecule has 2 heterocycles. The average Bonchev–Trinajstić information content (AvgIpc) is 3.22. The highest BCUT2D eigenvalue weighted by Crippen LogP contribution is 2.47. The van der Waals surface area contributed by atoms with E-state index in [1.807, 2.05) is 53.9 Å². The van der Waals surface area contributed by atoms with Crippen LogP contribution < -0.4 is 15.0 Å². The van der Waals surface area contributed by atoms with Gasteiger partial charge in [0.25, 0.3) is 5.91 Å². The van der Waals surface area contributed by atoms with Gasteiger partial charge in [-0.1, -0.05) is 34.1 Å². The van der Waals surface area contributed by atoms with Crippen LogP contribution in [-0.4, -0.2) is 18.9 Å². The molecule has 2 aromatic carbocycles. The van der Waals surface area contributed by atoms with Gasteiger partial charge in [-0.15, -0.1) is 11.3 Å².